The van der Waals surface area contributed by atoms with Crippen LogP contribution in [0.1, 0.15) is 29.2 Å². The van der Waals surface area contributed by atoms with E-state index in [1.54, 1.807) is 0 Å². The highest BCUT2D eigenvalue weighted by atomic mass is 16.5. The van der Waals surface area contributed by atoms with Crippen LogP contribution in [0.25, 0.3) is 0 Å². The predicted octanol–water partition coefficient (Wildman–Crippen LogP) is 3.17. The van der Waals surface area contributed by atoms with Crippen molar-refractivity contribution in [2.75, 3.05) is 6.61 Å². The number of fused-ring (bicyclic) bond motifs is 1. The van der Waals surface area contributed by atoms with E-state index >= 15 is 0 Å². The van der Waals surface area contributed by atoms with Gasteiger partial charge in [0, 0.05) is 24.6 Å². The van der Waals surface area contributed by atoms with Crippen molar-refractivity contribution in [3.8, 4) is 11.8 Å². The van der Waals surface area contributed by atoms with Crippen LogP contribution in [0.4, 0.5) is 0 Å². The van der Waals surface area contributed by atoms with Gasteiger partial charge in [-0.25, -0.2) is 0 Å². The molecule has 0 spiro atoms. The summed E-state index contributed by atoms with van der Waals surface area (Å²) in [5.74, 6) is 0.974. The average molecular weight is 264 g/mol. The van der Waals surface area contributed by atoms with Crippen LogP contribution >= 0.6 is 0 Å². The minimum Gasteiger partial charge on any atom is -0.493 e. The molecule has 1 aliphatic rings. The summed E-state index contributed by atoms with van der Waals surface area (Å²) >= 11 is 0. The van der Waals surface area contributed by atoms with Crippen LogP contribution in [0.15, 0.2) is 48.5 Å². The molecule has 0 saturated carbocycles. The lowest BCUT2D eigenvalue weighted by atomic mass is 10.00. The van der Waals surface area contributed by atoms with E-state index in [4.69, 9.17) is 10.00 Å². The Labute approximate surface area is 118 Å². The fraction of sp³-hybridized carbons (Fsp3) is 0.235. The maximum Gasteiger partial charge on any atom is 0.124 e. The second-order valence-corrected chi connectivity index (χ2v) is 4.92. The summed E-state index contributed by atoms with van der Waals surface area (Å²) < 4.78 is 5.66. The Morgan fingerprint density at radius 3 is 3.00 bits per heavy atom. The lowest BCUT2D eigenvalue weighted by molar-refractivity contribution is 0.252. The summed E-state index contributed by atoms with van der Waals surface area (Å²) in [4.78, 5) is 0. The lowest BCUT2D eigenvalue weighted by Crippen LogP contribution is -2.26. The van der Waals surface area contributed by atoms with Crippen molar-refractivity contribution in [1.29, 1.82) is 5.26 Å². The van der Waals surface area contributed by atoms with Gasteiger partial charge >= 0.3 is 0 Å². The number of para-hydroxylation sites is 1. The zero-order valence-corrected chi connectivity index (χ0v) is 11.2. The fourth-order valence-corrected chi connectivity index (χ4v) is 2.55. The van der Waals surface area contributed by atoms with Gasteiger partial charge in [-0.15, -0.1) is 0 Å². The van der Waals surface area contributed by atoms with Crippen molar-refractivity contribution in [2.45, 2.75) is 19.0 Å². The normalized spacial score (nSPS) is 16.9. The van der Waals surface area contributed by atoms with E-state index < -0.39 is 0 Å². The van der Waals surface area contributed by atoms with Crippen LogP contribution in [0.5, 0.6) is 5.75 Å². The van der Waals surface area contributed by atoms with Gasteiger partial charge in [-0.2, -0.15) is 5.26 Å². The third-order valence-corrected chi connectivity index (χ3v) is 3.57. The number of benzene rings is 2. The molecule has 0 aromatic heterocycles. The number of ether oxygens (including phenoxy) is 1. The topological polar surface area (TPSA) is 45.0 Å². The van der Waals surface area contributed by atoms with Crippen molar-refractivity contribution in [1.82, 2.24) is 5.32 Å². The Bertz CT molecular complexity index is 645. The van der Waals surface area contributed by atoms with Crippen molar-refractivity contribution < 1.29 is 4.74 Å². The second kappa shape index (κ2) is 5.77. The molecule has 20 heavy (non-hydrogen) atoms. The molecule has 1 atom stereocenters. The van der Waals surface area contributed by atoms with Gasteiger partial charge in [0.05, 0.1) is 18.2 Å². The molecule has 2 aromatic rings. The molecular formula is C17H16N2O. The second-order valence-electron chi connectivity index (χ2n) is 4.92. The Kier molecular flexibility index (Phi) is 3.67. The van der Waals surface area contributed by atoms with Gasteiger partial charge in [0.25, 0.3) is 0 Å². The van der Waals surface area contributed by atoms with Gasteiger partial charge < -0.3 is 10.1 Å². The minimum absolute atomic E-state index is 0.311. The van der Waals surface area contributed by atoms with Crippen LogP contribution in [0, 0.1) is 11.3 Å². The van der Waals surface area contributed by atoms with Crippen LogP contribution in [0.2, 0.25) is 0 Å². The SMILES string of the molecule is N#Cc1cccc(CNC2CCOc3ccccc32)c1. The highest BCUT2D eigenvalue weighted by Gasteiger charge is 2.20. The zero-order valence-electron chi connectivity index (χ0n) is 11.2. The Hall–Kier alpha value is -2.31. The van der Waals surface area contributed by atoms with E-state index in [1.807, 2.05) is 42.5 Å². The van der Waals surface area contributed by atoms with Crippen molar-refractivity contribution in [3.05, 3.63) is 65.2 Å². The van der Waals surface area contributed by atoms with Gasteiger partial charge in [-0.05, 0) is 23.8 Å². The molecule has 3 rings (SSSR count). The summed E-state index contributed by atoms with van der Waals surface area (Å²) in [5.41, 5.74) is 3.06. The molecule has 0 fully saturated rings. The first-order chi connectivity index (χ1) is 9.86. The number of rotatable bonds is 3. The zero-order chi connectivity index (χ0) is 13.8. The van der Waals surface area contributed by atoms with Crippen LogP contribution < -0.4 is 10.1 Å². The van der Waals surface area contributed by atoms with Crippen molar-refractivity contribution >= 4 is 0 Å². The lowest BCUT2D eigenvalue weighted by Gasteiger charge is -2.26. The first-order valence-corrected chi connectivity index (χ1v) is 6.81. The van der Waals surface area contributed by atoms with E-state index in [0.717, 1.165) is 30.9 Å². The molecule has 0 aliphatic carbocycles. The quantitative estimate of drug-likeness (QED) is 0.926. The summed E-state index contributed by atoms with van der Waals surface area (Å²) in [5, 5.41) is 12.5. The molecule has 0 radical (unpaired) electrons. The van der Waals surface area contributed by atoms with Gasteiger partial charge in [0.15, 0.2) is 0 Å². The number of nitrogens with zero attached hydrogens (tertiary/aromatic N) is 1. The third-order valence-electron chi connectivity index (χ3n) is 3.57. The number of nitriles is 1. The van der Waals surface area contributed by atoms with E-state index in [0.29, 0.717) is 11.6 Å². The van der Waals surface area contributed by atoms with Gasteiger partial charge in [-0.3, -0.25) is 0 Å². The van der Waals surface area contributed by atoms with Gasteiger partial charge in [0.1, 0.15) is 5.75 Å². The molecule has 0 bridgehead atoms. The monoisotopic (exact) mass is 264 g/mol. The molecular weight excluding hydrogens is 248 g/mol. The molecule has 3 nitrogen and oxygen atoms in total. The van der Waals surface area contributed by atoms with Crippen molar-refractivity contribution in [2.24, 2.45) is 0 Å². The summed E-state index contributed by atoms with van der Waals surface area (Å²) in [6.07, 6.45) is 0.967. The Morgan fingerprint density at radius 1 is 1.20 bits per heavy atom. The molecule has 0 amide bonds. The Morgan fingerprint density at radius 2 is 2.10 bits per heavy atom. The van der Waals surface area contributed by atoms with Gasteiger partial charge in [-0.1, -0.05) is 30.3 Å². The molecule has 2 aromatic carbocycles. The van der Waals surface area contributed by atoms with E-state index in [9.17, 15) is 0 Å². The smallest absolute Gasteiger partial charge is 0.124 e. The van der Waals surface area contributed by atoms with E-state index in [-0.39, 0.29) is 0 Å². The average Bonchev–Trinajstić information content (AvgIpc) is 2.53. The van der Waals surface area contributed by atoms with Gasteiger partial charge in [0.2, 0.25) is 0 Å². The maximum atomic E-state index is 8.92. The van der Waals surface area contributed by atoms with Crippen LogP contribution in [0.3, 0.4) is 0 Å². The van der Waals surface area contributed by atoms with Crippen LogP contribution in [-0.2, 0) is 6.54 Å². The van der Waals surface area contributed by atoms with Crippen molar-refractivity contribution in [3.63, 3.8) is 0 Å². The highest BCUT2D eigenvalue weighted by molar-refractivity contribution is 5.37. The predicted molar refractivity (Wildman–Crippen MR) is 77.3 cm³/mol. The number of hydrogen-bond acceptors (Lipinski definition) is 3. The third kappa shape index (κ3) is 2.66. The number of hydrogen-bond donors (Lipinski definition) is 1. The molecule has 3 heteroatoms. The molecule has 1 unspecified atom stereocenters. The molecule has 1 N–H and O–H groups in total. The summed E-state index contributed by atoms with van der Waals surface area (Å²) in [6.45, 7) is 1.50. The highest BCUT2D eigenvalue weighted by Crippen LogP contribution is 2.31. The van der Waals surface area contributed by atoms with E-state index in [2.05, 4.69) is 17.5 Å². The Balaban J connectivity index is 1.72. The molecule has 1 aliphatic heterocycles. The minimum atomic E-state index is 0.311. The standard InChI is InChI=1S/C17H16N2O/c18-11-13-4-3-5-14(10-13)12-19-16-8-9-20-17-7-2-1-6-15(16)17/h1-7,10,16,19H,8-9,12H2. The first-order valence-electron chi connectivity index (χ1n) is 6.81. The van der Waals surface area contributed by atoms with E-state index in [1.165, 1.54) is 5.56 Å². The molecule has 1 heterocycles. The van der Waals surface area contributed by atoms with Crippen LogP contribution in [-0.4, -0.2) is 6.61 Å². The summed E-state index contributed by atoms with van der Waals surface area (Å²) in [7, 11) is 0. The summed E-state index contributed by atoms with van der Waals surface area (Å²) in [6, 6.07) is 18.4. The maximum absolute atomic E-state index is 8.92. The largest absolute Gasteiger partial charge is 0.493 e. The first kappa shape index (κ1) is 12.7. The molecule has 0 saturated heterocycles. The fourth-order valence-electron chi connectivity index (χ4n) is 2.55. The molecule has 100 valence electrons. The number of nitrogens with one attached hydrogen (secondary N) is 1.